The summed E-state index contributed by atoms with van der Waals surface area (Å²) in [5, 5.41) is 8.25. The van der Waals surface area contributed by atoms with Crippen LogP contribution in [0.2, 0.25) is 0 Å². The molecule has 0 fully saturated rings. The number of aromatic nitrogens is 3. The van der Waals surface area contributed by atoms with E-state index < -0.39 is 0 Å². The largest absolute Gasteiger partial charge is 0.416 e. The van der Waals surface area contributed by atoms with E-state index in [1.807, 2.05) is 42.5 Å². The van der Waals surface area contributed by atoms with E-state index in [4.69, 9.17) is 4.42 Å². The summed E-state index contributed by atoms with van der Waals surface area (Å²) in [6.45, 7) is 3.74. The van der Waals surface area contributed by atoms with Crippen LogP contribution >= 0.6 is 11.8 Å². The Morgan fingerprint density at radius 2 is 1.95 bits per heavy atom. The summed E-state index contributed by atoms with van der Waals surface area (Å²) < 4.78 is 5.77. The molecule has 3 rings (SSSR count). The summed E-state index contributed by atoms with van der Waals surface area (Å²) in [5.41, 5.74) is 1.75. The zero-order valence-corrected chi connectivity index (χ0v) is 12.1. The second-order valence-electron chi connectivity index (χ2n) is 4.25. The van der Waals surface area contributed by atoms with Crippen molar-refractivity contribution in [1.82, 2.24) is 15.2 Å². The second-order valence-corrected chi connectivity index (χ2v) is 5.31. The number of rotatable bonds is 5. The van der Waals surface area contributed by atoms with E-state index in [-0.39, 0.29) is 0 Å². The molecule has 0 saturated heterocycles. The fourth-order valence-corrected chi connectivity index (χ4v) is 2.64. The first kappa shape index (κ1) is 13.6. The standard InChI is InChI=1S/C16H13N3OS/c1-2-10-21-14-8-4-3-7-13(14)16-19-18-15(20-16)12-6-5-9-17-11-12/h2-9,11H,1,10H2. The molecule has 0 aliphatic heterocycles. The Bertz CT molecular complexity index is 740. The van der Waals surface area contributed by atoms with Crippen LogP contribution in [0.4, 0.5) is 0 Å². The Hall–Kier alpha value is -2.40. The van der Waals surface area contributed by atoms with Crippen LogP contribution < -0.4 is 0 Å². The van der Waals surface area contributed by atoms with E-state index in [1.54, 1.807) is 24.2 Å². The van der Waals surface area contributed by atoms with Gasteiger partial charge in [-0.3, -0.25) is 4.98 Å². The molecule has 0 atom stereocenters. The maximum absolute atomic E-state index is 5.77. The molecule has 0 radical (unpaired) electrons. The highest BCUT2D eigenvalue weighted by Gasteiger charge is 2.13. The topological polar surface area (TPSA) is 51.8 Å². The minimum atomic E-state index is 0.474. The second kappa shape index (κ2) is 6.37. The summed E-state index contributed by atoms with van der Waals surface area (Å²) in [4.78, 5) is 5.15. The lowest BCUT2D eigenvalue weighted by molar-refractivity contribution is 0.583. The van der Waals surface area contributed by atoms with E-state index in [0.717, 1.165) is 21.8 Å². The molecular formula is C16H13N3OS. The number of hydrogen-bond acceptors (Lipinski definition) is 5. The third-order valence-electron chi connectivity index (χ3n) is 2.81. The molecule has 2 heterocycles. The quantitative estimate of drug-likeness (QED) is 0.524. The molecule has 0 aliphatic rings. The summed E-state index contributed by atoms with van der Waals surface area (Å²) in [5.74, 6) is 1.82. The van der Waals surface area contributed by atoms with E-state index in [9.17, 15) is 0 Å². The van der Waals surface area contributed by atoms with Crippen molar-refractivity contribution in [3.63, 3.8) is 0 Å². The average Bonchev–Trinajstić information content (AvgIpc) is 3.04. The van der Waals surface area contributed by atoms with Crippen molar-refractivity contribution in [2.45, 2.75) is 4.90 Å². The van der Waals surface area contributed by atoms with Crippen molar-refractivity contribution >= 4 is 11.8 Å². The van der Waals surface area contributed by atoms with Gasteiger partial charge in [0, 0.05) is 23.0 Å². The summed E-state index contributed by atoms with van der Waals surface area (Å²) in [7, 11) is 0. The molecule has 21 heavy (non-hydrogen) atoms. The molecule has 4 nitrogen and oxygen atoms in total. The summed E-state index contributed by atoms with van der Waals surface area (Å²) >= 11 is 1.69. The Balaban J connectivity index is 1.95. The van der Waals surface area contributed by atoms with Gasteiger partial charge in [-0.15, -0.1) is 28.5 Å². The molecule has 0 spiro atoms. The SMILES string of the molecule is C=CCSc1ccccc1-c1nnc(-c2cccnc2)o1. The van der Waals surface area contributed by atoms with Crippen molar-refractivity contribution in [1.29, 1.82) is 0 Å². The molecule has 3 aromatic rings. The van der Waals surface area contributed by atoms with Crippen LogP contribution in [-0.4, -0.2) is 20.9 Å². The van der Waals surface area contributed by atoms with Gasteiger partial charge in [0.15, 0.2) is 0 Å². The van der Waals surface area contributed by atoms with Crippen molar-refractivity contribution < 1.29 is 4.42 Å². The van der Waals surface area contributed by atoms with Gasteiger partial charge in [-0.2, -0.15) is 0 Å². The number of pyridine rings is 1. The third-order valence-corrected chi connectivity index (χ3v) is 3.88. The molecule has 5 heteroatoms. The Kier molecular flexibility index (Phi) is 4.12. The van der Waals surface area contributed by atoms with Gasteiger partial charge in [-0.05, 0) is 24.3 Å². The predicted molar refractivity (Wildman–Crippen MR) is 83.9 cm³/mol. The van der Waals surface area contributed by atoms with Crippen LogP contribution in [0.25, 0.3) is 22.9 Å². The van der Waals surface area contributed by atoms with Crippen molar-refractivity contribution in [3.8, 4) is 22.9 Å². The molecule has 1 aromatic carbocycles. The third kappa shape index (κ3) is 3.03. The molecule has 0 amide bonds. The highest BCUT2D eigenvalue weighted by atomic mass is 32.2. The molecule has 0 bridgehead atoms. The van der Waals surface area contributed by atoms with Gasteiger partial charge in [0.25, 0.3) is 0 Å². The first-order chi connectivity index (χ1) is 10.4. The van der Waals surface area contributed by atoms with Crippen LogP contribution in [0, 0.1) is 0 Å². The molecule has 0 saturated carbocycles. The van der Waals surface area contributed by atoms with E-state index in [0.29, 0.717) is 11.8 Å². The lowest BCUT2D eigenvalue weighted by atomic mass is 10.2. The van der Waals surface area contributed by atoms with Gasteiger partial charge in [-0.1, -0.05) is 18.2 Å². The van der Waals surface area contributed by atoms with Crippen LogP contribution in [0.3, 0.4) is 0 Å². The van der Waals surface area contributed by atoms with Crippen molar-refractivity contribution in [3.05, 3.63) is 61.4 Å². The van der Waals surface area contributed by atoms with Crippen LogP contribution in [0.15, 0.2) is 70.8 Å². The van der Waals surface area contributed by atoms with Gasteiger partial charge in [0.05, 0.1) is 11.1 Å². The lowest BCUT2D eigenvalue weighted by Gasteiger charge is -2.03. The Morgan fingerprint density at radius 3 is 2.76 bits per heavy atom. The van der Waals surface area contributed by atoms with Crippen molar-refractivity contribution in [2.24, 2.45) is 0 Å². The zero-order chi connectivity index (χ0) is 14.5. The monoisotopic (exact) mass is 295 g/mol. The fraction of sp³-hybridized carbons (Fsp3) is 0.0625. The molecule has 0 aliphatic carbocycles. The number of thioether (sulfide) groups is 1. The molecule has 2 aromatic heterocycles. The van der Waals surface area contributed by atoms with Crippen LogP contribution in [0.1, 0.15) is 0 Å². The van der Waals surface area contributed by atoms with Crippen LogP contribution in [-0.2, 0) is 0 Å². The van der Waals surface area contributed by atoms with Gasteiger partial charge < -0.3 is 4.42 Å². The number of benzene rings is 1. The lowest BCUT2D eigenvalue weighted by Crippen LogP contribution is -1.83. The smallest absolute Gasteiger partial charge is 0.249 e. The molecule has 104 valence electrons. The highest BCUT2D eigenvalue weighted by Crippen LogP contribution is 2.31. The molecule has 0 unspecified atom stereocenters. The van der Waals surface area contributed by atoms with Gasteiger partial charge >= 0.3 is 0 Å². The van der Waals surface area contributed by atoms with E-state index in [1.165, 1.54) is 0 Å². The summed E-state index contributed by atoms with van der Waals surface area (Å²) in [6.07, 6.45) is 5.29. The maximum Gasteiger partial charge on any atom is 0.249 e. The summed E-state index contributed by atoms with van der Waals surface area (Å²) in [6, 6.07) is 11.7. The zero-order valence-electron chi connectivity index (χ0n) is 11.3. The first-order valence-corrected chi connectivity index (χ1v) is 7.44. The minimum absolute atomic E-state index is 0.474. The number of nitrogens with zero attached hydrogens (tertiary/aromatic N) is 3. The van der Waals surface area contributed by atoms with Gasteiger partial charge in [0.2, 0.25) is 11.8 Å². The van der Waals surface area contributed by atoms with E-state index >= 15 is 0 Å². The van der Waals surface area contributed by atoms with Crippen molar-refractivity contribution in [2.75, 3.05) is 5.75 Å². The number of hydrogen-bond donors (Lipinski definition) is 0. The normalized spacial score (nSPS) is 10.5. The van der Waals surface area contributed by atoms with Gasteiger partial charge in [0.1, 0.15) is 0 Å². The fourth-order valence-electron chi connectivity index (χ4n) is 1.86. The average molecular weight is 295 g/mol. The van der Waals surface area contributed by atoms with E-state index in [2.05, 4.69) is 21.8 Å². The predicted octanol–water partition coefficient (Wildman–Crippen LogP) is 4.08. The first-order valence-electron chi connectivity index (χ1n) is 6.45. The van der Waals surface area contributed by atoms with Gasteiger partial charge in [-0.25, -0.2) is 0 Å². The Morgan fingerprint density at radius 1 is 1.10 bits per heavy atom. The maximum atomic E-state index is 5.77. The molecule has 0 N–H and O–H groups in total. The minimum Gasteiger partial charge on any atom is -0.416 e. The highest BCUT2D eigenvalue weighted by molar-refractivity contribution is 7.99. The Labute approximate surface area is 126 Å². The van der Waals surface area contributed by atoms with Crippen LogP contribution in [0.5, 0.6) is 0 Å². The molecular weight excluding hydrogens is 282 g/mol.